The molecule has 0 aliphatic carbocycles. The van der Waals surface area contributed by atoms with Crippen molar-refractivity contribution in [3.63, 3.8) is 0 Å². The summed E-state index contributed by atoms with van der Waals surface area (Å²) in [5.41, 5.74) is 2.10. The maximum absolute atomic E-state index is 12.3. The van der Waals surface area contributed by atoms with Crippen LogP contribution in [0.25, 0.3) is 0 Å². The summed E-state index contributed by atoms with van der Waals surface area (Å²) in [5, 5.41) is 2.83. The van der Waals surface area contributed by atoms with Crippen LogP contribution >= 0.6 is 0 Å². The molecular formula is C19H25N3O3S. The number of anilines is 1. The second kappa shape index (κ2) is 8.93. The van der Waals surface area contributed by atoms with E-state index in [2.05, 4.69) is 10.0 Å². The Balaban J connectivity index is 2.00. The summed E-state index contributed by atoms with van der Waals surface area (Å²) >= 11 is 0. The van der Waals surface area contributed by atoms with Gasteiger partial charge in [-0.25, -0.2) is 13.1 Å². The number of rotatable bonds is 8. The molecule has 7 heteroatoms. The van der Waals surface area contributed by atoms with E-state index in [0.29, 0.717) is 12.1 Å². The van der Waals surface area contributed by atoms with Gasteiger partial charge < -0.3 is 10.2 Å². The van der Waals surface area contributed by atoms with Crippen molar-refractivity contribution in [3.8, 4) is 0 Å². The first-order chi connectivity index (χ1) is 12.3. The highest BCUT2D eigenvalue weighted by Gasteiger charge is 2.15. The predicted molar refractivity (Wildman–Crippen MR) is 104 cm³/mol. The Hall–Kier alpha value is -2.22. The van der Waals surface area contributed by atoms with Gasteiger partial charge in [0.25, 0.3) is 5.91 Å². The van der Waals surface area contributed by atoms with Crippen molar-refractivity contribution in [2.45, 2.75) is 18.2 Å². The number of nitrogens with one attached hydrogen (secondary N) is 2. The van der Waals surface area contributed by atoms with E-state index in [1.54, 1.807) is 0 Å². The van der Waals surface area contributed by atoms with Gasteiger partial charge in [-0.15, -0.1) is 0 Å². The molecule has 6 nitrogen and oxygen atoms in total. The first-order valence-electron chi connectivity index (χ1n) is 8.41. The van der Waals surface area contributed by atoms with Crippen LogP contribution in [0.15, 0.2) is 53.4 Å². The van der Waals surface area contributed by atoms with Gasteiger partial charge in [-0.05, 0) is 69.9 Å². The highest BCUT2D eigenvalue weighted by atomic mass is 32.2. The molecule has 26 heavy (non-hydrogen) atoms. The van der Waals surface area contributed by atoms with Gasteiger partial charge in [0.1, 0.15) is 0 Å². The largest absolute Gasteiger partial charge is 0.322 e. The van der Waals surface area contributed by atoms with Gasteiger partial charge >= 0.3 is 0 Å². The summed E-state index contributed by atoms with van der Waals surface area (Å²) in [7, 11) is 0.313. The number of sulfonamides is 1. The van der Waals surface area contributed by atoms with E-state index in [0.717, 1.165) is 24.2 Å². The van der Waals surface area contributed by atoms with Gasteiger partial charge in [-0.3, -0.25) is 4.79 Å². The molecule has 0 fully saturated rings. The number of benzene rings is 2. The smallest absolute Gasteiger partial charge is 0.255 e. The summed E-state index contributed by atoms with van der Waals surface area (Å²) in [6.45, 7) is 3.09. The molecule has 1 amide bonds. The van der Waals surface area contributed by atoms with Crippen molar-refractivity contribution in [1.29, 1.82) is 0 Å². The Labute approximate surface area is 155 Å². The van der Waals surface area contributed by atoms with E-state index in [1.807, 2.05) is 50.2 Å². The quantitative estimate of drug-likeness (QED) is 0.695. The standard InChI is InChI=1S/C19H25N3O3S/c1-15-7-4-5-8-18(15)21-19(23)16-9-11-17(12-10-16)26(24,25)20-13-6-14-22(2)3/h4-5,7-12,20H,6,13-14H2,1-3H3,(H,21,23). The molecule has 0 unspecified atom stereocenters. The number of amides is 1. The van der Waals surface area contributed by atoms with Gasteiger partial charge in [0.15, 0.2) is 0 Å². The Morgan fingerprint density at radius 2 is 1.69 bits per heavy atom. The lowest BCUT2D eigenvalue weighted by Gasteiger charge is -2.11. The minimum Gasteiger partial charge on any atom is -0.322 e. The van der Waals surface area contributed by atoms with Crippen LogP contribution in [-0.4, -0.2) is 46.4 Å². The molecule has 0 spiro atoms. The summed E-state index contributed by atoms with van der Waals surface area (Å²) in [6.07, 6.45) is 0.725. The van der Waals surface area contributed by atoms with Crippen LogP contribution < -0.4 is 10.0 Å². The van der Waals surface area contributed by atoms with Crippen LogP contribution in [0.2, 0.25) is 0 Å². The fourth-order valence-corrected chi connectivity index (χ4v) is 3.45. The summed E-state index contributed by atoms with van der Waals surface area (Å²) in [4.78, 5) is 14.5. The van der Waals surface area contributed by atoms with Crippen molar-refractivity contribution in [3.05, 3.63) is 59.7 Å². The number of hydrogen-bond donors (Lipinski definition) is 2. The zero-order chi connectivity index (χ0) is 19.2. The highest BCUT2D eigenvalue weighted by molar-refractivity contribution is 7.89. The molecule has 2 aromatic rings. The first-order valence-corrected chi connectivity index (χ1v) is 9.89. The molecule has 2 N–H and O–H groups in total. The number of hydrogen-bond acceptors (Lipinski definition) is 4. The fraction of sp³-hybridized carbons (Fsp3) is 0.316. The van der Waals surface area contributed by atoms with Crippen LogP contribution in [0.5, 0.6) is 0 Å². The Morgan fingerprint density at radius 3 is 2.31 bits per heavy atom. The molecule has 0 aliphatic heterocycles. The van der Waals surface area contributed by atoms with Gasteiger partial charge in [0, 0.05) is 17.8 Å². The minimum atomic E-state index is -3.57. The topological polar surface area (TPSA) is 78.5 Å². The van der Waals surface area contributed by atoms with Crippen molar-refractivity contribution in [2.24, 2.45) is 0 Å². The third kappa shape index (κ3) is 5.66. The molecule has 0 aromatic heterocycles. The van der Waals surface area contributed by atoms with Crippen LogP contribution in [0.3, 0.4) is 0 Å². The van der Waals surface area contributed by atoms with Crippen LogP contribution in [0.4, 0.5) is 5.69 Å². The lowest BCUT2D eigenvalue weighted by molar-refractivity contribution is 0.102. The molecule has 0 radical (unpaired) electrons. The van der Waals surface area contributed by atoms with Crippen molar-refractivity contribution in [2.75, 3.05) is 32.5 Å². The molecule has 140 valence electrons. The molecule has 0 saturated carbocycles. The Kier molecular flexibility index (Phi) is 6.90. The van der Waals surface area contributed by atoms with Crippen molar-refractivity contribution in [1.82, 2.24) is 9.62 Å². The molecular weight excluding hydrogens is 350 g/mol. The van der Waals surface area contributed by atoms with Crippen molar-refractivity contribution >= 4 is 21.6 Å². The van der Waals surface area contributed by atoms with Crippen LogP contribution in [-0.2, 0) is 10.0 Å². The SMILES string of the molecule is Cc1ccccc1NC(=O)c1ccc(S(=O)(=O)NCCCN(C)C)cc1. The molecule has 0 atom stereocenters. The van der Waals surface area contributed by atoms with Crippen LogP contribution in [0, 0.1) is 6.92 Å². The monoisotopic (exact) mass is 375 g/mol. The molecule has 2 aromatic carbocycles. The average Bonchev–Trinajstić information content (AvgIpc) is 2.61. The van der Waals surface area contributed by atoms with E-state index >= 15 is 0 Å². The number of aryl methyl sites for hydroxylation is 1. The number of para-hydroxylation sites is 1. The zero-order valence-corrected chi connectivity index (χ0v) is 16.1. The second-order valence-electron chi connectivity index (χ2n) is 6.35. The highest BCUT2D eigenvalue weighted by Crippen LogP contribution is 2.16. The van der Waals surface area contributed by atoms with Crippen molar-refractivity contribution < 1.29 is 13.2 Å². The number of carbonyl (C=O) groups is 1. The third-order valence-corrected chi connectivity index (χ3v) is 5.37. The van der Waals surface area contributed by atoms with E-state index in [4.69, 9.17) is 0 Å². The maximum Gasteiger partial charge on any atom is 0.255 e. The maximum atomic E-state index is 12.3. The van der Waals surface area contributed by atoms with Gasteiger partial charge in [0.05, 0.1) is 4.90 Å². The molecule has 2 rings (SSSR count). The molecule has 0 saturated heterocycles. The zero-order valence-electron chi connectivity index (χ0n) is 15.3. The van der Waals surface area contributed by atoms with E-state index in [-0.39, 0.29) is 10.8 Å². The number of nitrogens with zero attached hydrogens (tertiary/aromatic N) is 1. The minimum absolute atomic E-state index is 0.148. The predicted octanol–water partition coefficient (Wildman–Crippen LogP) is 2.48. The van der Waals surface area contributed by atoms with Crippen LogP contribution in [0.1, 0.15) is 22.3 Å². The Morgan fingerprint density at radius 1 is 1.04 bits per heavy atom. The molecule has 0 bridgehead atoms. The second-order valence-corrected chi connectivity index (χ2v) is 8.11. The first kappa shape index (κ1) is 20.1. The molecule has 0 aliphatic rings. The average molecular weight is 375 g/mol. The lowest BCUT2D eigenvalue weighted by atomic mass is 10.1. The Bertz CT molecular complexity index is 847. The van der Waals surface area contributed by atoms with E-state index in [9.17, 15) is 13.2 Å². The summed E-state index contributed by atoms with van der Waals surface area (Å²) < 4.78 is 27.1. The normalized spacial score (nSPS) is 11.5. The van der Waals surface area contributed by atoms with Gasteiger partial charge in [-0.1, -0.05) is 18.2 Å². The van der Waals surface area contributed by atoms with Gasteiger partial charge in [0.2, 0.25) is 10.0 Å². The lowest BCUT2D eigenvalue weighted by Crippen LogP contribution is -2.27. The third-order valence-electron chi connectivity index (χ3n) is 3.89. The summed E-state index contributed by atoms with van der Waals surface area (Å²) in [5.74, 6) is -0.276. The number of carbonyl (C=O) groups excluding carboxylic acids is 1. The summed E-state index contributed by atoms with van der Waals surface area (Å²) in [6, 6.07) is 13.4. The molecule has 0 heterocycles. The van der Waals surface area contributed by atoms with E-state index < -0.39 is 10.0 Å². The fourth-order valence-electron chi connectivity index (χ4n) is 2.38. The van der Waals surface area contributed by atoms with Gasteiger partial charge in [-0.2, -0.15) is 0 Å². The van der Waals surface area contributed by atoms with E-state index in [1.165, 1.54) is 24.3 Å².